The van der Waals surface area contributed by atoms with Crippen molar-refractivity contribution in [1.82, 2.24) is 9.66 Å². The van der Waals surface area contributed by atoms with Crippen LogP contribution in [0, 0.1) is 10.1 Å². The number of nitro benzene ring substituents is 1. The fourth-order valence-corrected chi connectivity index (χ4v) is 4.45. The van der Waals surface area contributed by atoms with Crippen LogP contribution < -0.4 is 10.3 Å². The molecule has 37 heavy (non-hydrogen) atoms. The maximum Gasteiger partial charge on any atom is 0.313 e. The van der Waals surface area contributed by atoms with Crippen molar-refractivity contribution in [3.8, 4) is 17.3 Å². The molecule has 0 N–H and O–H groups in total. The van der Waals surface area contributed by atoms with E-state index < -0.39 is 10.5 Å². The molecule has 0 saturated carbocycles. The zero-order valence-electron chi connectivity index (χ0n) is 19.5. The maximum absolute atomic E-state index is 13.4. The third-order valence-corrected chi connectivity index (χ3v) is 6.15. The number of hydrogen-bond acceptors (Lipinski definition) is 7. The second kappa shape index (κ2) is 9.79. The van der Waals surface area contributed by atoms with Crippen LogP contribution in [0.4, 0.5) is 5.69 Å². The van der Waals surface area contributed by atoms with Crippen LogP contribution in [-0.2, 0) is 0 Å². The first-order valence-electron chi connectivity index (χ1n) is 11.1. The summed E-state index contributed by atoms with van der Waals surface area (Å²) in [7, 11) is 0. The number of hydrogen-bond donors (Lipinski definition) is 0. The highest BCUT2D eigenvalue weighted by molar-refractivity contribution is 9.10. The average molecular weight is 582 g/mol. The zero-order valence-corrected chi connectivity index (χ0v) is 21.9. The van der Waals surface area contributed by atoms with E-state index >= 15 is 0 Å². The van der Waals surface area contributed by atoms with Gasteiger partial charge in [0, 0.05) is 21.5 Å². The number of fused-ring (bicyclic) bond motifs is 2. The number of aromatic nitrogens is 2. The topological polar surface area (TPSA) is 113 Å². The van der Waals surface area contributed by atoms with Crippen LogP contribution in [0.5, 0.6) is 5.75 Å². The predicted molar refractivity (Wildman–Crippen MR) is 146 cm³/mol. The van der Waals surface area contributed by atoms with Crippen molar-refractivity contribution in [2.45, 2.75) is 20.0 Å². The maximum atomic E-state index is 13.4. The van der Waals surface area contributed by atoms with E-state index in [1.54, 1.807) is 50.2 Å². The fourth-order valence-electron chi connectivity index (χ4n) is 3.80. The van der Waals surface area contributed by atoms with E-state index in [4.69, 9.17) is 20.8 Å². The predicted octanol–water partition coefficient (Wildman–Crippen LogP) is 6.80. The van der Waals surface area contributed by atoms with E-state index in [0.717, 1.165) is 14.5 Å². The van der Waals surface area contributed by atoms with Crippen molar-refractivity contribution in [3.05, 3.63) is 96.2 Å². The van der Waals surface area contributed by atoms with Gasteiger partial charge in [-0.3, -0.25) is 14.9 Å². The van der Waals surface area contributed by atoms with E-state index in [-0.39, 0.29) is 28.4 Å². The minimum Gasteiger partial charge on any atom is -0.483 e. The Balaban J connectivity index is 1.68. The Kier molecular flexibility index (Phi) is 6.53. The number of nitrogens with zero attached hydrogens (tertiary/aromatic N) is 4. The standard InChI is InChI=1S/C26H18BrClN4O5/c1-14(2)36-24-19(28)9-15(10-21(24)32(34)35)13-29-31-25(30-20-6-4-3-5-18(20)26(31)33)23-12-16-11-17(27)7-8-22(16)37-23/h3-14H,1-2H3. The van der Waals surface area contributed by atoms with Crippen LogP contribution in [0.3, 0.4) is 0 Å². The van der Waals surface area contributed by atoms with Crippen LogP contribution in [0.15, 0.2) is 79.4 Å². The Hall–Kier alpha value is -4.02. The van der Waals surface area contributed by atoms with Crippen LogP contribution >= 0.6 is 27.5 Å². The van der Waals surface area contributed by atoms with Gasteiger partial charge in [-0.05, 0) is 56.3 Å². The molecule has 0 fully saturated rings. The Morgan fingerprint density at radius 1 is 1.19 bits per heavy atom. The van der Waals surface area contributed by atoms with Crippen molar-refractivity contribution in [3.63, 3.8) is 0 Å². The molecule has 5 rings (SSSR count). The highest BCUT2D eigenvalue weighted by atomic mass is 79.9. The lowest BCUT2D eigenvalue weighted by Crippen LogP contribution is -2.20. The lowest BCUT2D eigenvalue weighted by molar-refractivity contribution is -0.386. The van der Waals surface area contributed by atoms with Gasteiger partial charge < -0.3 is 9.15 Å². The molecule has 2 heterocycles. The van der Waals surface area contributed by atoms with Gasteiger partial charge in [-0.15, -0.1) is 0 Å². The highest BCUT2D eigenvalue weighted by Gasteiger charge is 2.22. The molecule has 0 amide bonds. The van der Waals surface area contributed by atoms with Gasteiger partial charge in [0.1, 0.15) is 5.58 Å². The summed E-state index contributed by atoms with van der Waals surface area (Å²) < 4.78 is 13.5. The van der Waals surface area contributed by atoms with Crippen molar-refractivity contribution in [1.29, 1.82) is 0 Å². The summed E-state index contributed by atoms with van der Waals surface area (Å²) in [4.78, 5) is 29.2. The molecule has 9 nitrogen and oxygen atoms in total. The average Bonchev–Trinajstić information content (AvgIpc) is 3.27. The molecule has 0 saturated heterocycles. The largest absolute Gasteiger partial charge is 0.483 e. The van der Waals surface area contributed by atoms with E-state index in [1.807, 2.05) is 12.1 Å². The molecule has 5 aromatic rings. The van der Waals surface area contributed by atoms with Crippen molar-refractivity contribution >= 4 is 61.3 Å². The Morgan fingerprint density at radius 2 is 1.97 bits per heavy atom. The summed E-state index contributed by atoms with van der Waals surface area (Å²) in [6.07, 6.45) is 0.989. The number of para-hydroxylation sites is 1. The number of furan rings is 1. The second-order valence-corrected chi connectivity index (χ2v) is 9.70. The number of nitro groups is 1. The molecule has 0 spiro atoms. The van der Waals surface area contributed by atoms with Crippen LogP contribution in [-0.4, -0.2) is 26.9 Å². The fraction of sp³-hybridized carbons (Fsp3) is 0.115. The molecule has 0 unspecified atom stereocenters. The van der Waals surface area contributed by atoms with Gasteiger partial charge in [0.25, 0.3) is 5.56 Å². The molecule has 0 aliphatic carbocycles. The number of ether oxygens (including phenoxy) is 1. The summed E-state index contributed by atoms with van der Waals surface area (Å²) in [5.41, 5.74) is 0.643. The lowest BCUT2D eigenvalue weighted by atomic mass is 10.2. The van der Waals surface area contributed by atoms with Gasteiger partial charge in [0.15, 0.2) is 5.76 Å². The summed E-state index contributed by atoms with van der Waals surface area (Å²) in [5, 5.41) is 17.2. The molecule has 3 aromatic carbocycles. The molecular formula is C26H18BrClN4O5. The van der Waals surface area contributed by atoms with Gasteiger partial charge in [-0.1, -0.05) is 39.7 Å². The van der Waals surface area contributed by atoms with Crippen molar-refractivity contribution < 1.29 is 14.1 Å². The third-order valence-electron chi connectivity index (χ3n) is 5.37. The SMILES string of the molecule is CC(C)Oc1c(Cl)cc(C=Nn2c(-c3cc4cc(Br)ccc4o3)nc3ccccc3c2=O)cc1[N+](=O)[O-]. The quantitative estimate of drug-likeness (QED) is 0.124. The first-order chi connectivity index (χ1) is 17.7. The molecule has 0 bridgehead atoms. The lowest BCUT2D eigenvalue weighted by Gasteiger charge is -2.12. The third kappa shape index (κ3) is 4.85. The number of halogens is 2. The number of rotatable bonds is 6. The highest BCUT2D eigenvalue weighted by Crippen LogP contribution is 2.36. The van der Waals surface area contributed by atoms with Crippen LogP contribution in [0.2, 0.25) is 5.02 Å². The van der Waals surface area contributed by atoms with Crippen LogP contribution in [0.1, 0.15) is 19.4 Å². The molecule has 0 aliphatic heterocycles. The Morgan fingerprint density at radius 3 is 2.73 bits per heavy atom. The smallest absolute Gasteiger partial charge is 0.313 e. The summed E-state index contributed by atoms with van der Waals surface area (Å²) in [6.45, 7) is 3.49. The van der Waals surface area contributed by atoms with Gasteiger partial charge >= 0.3 is 5.69 Å². The van der Waals surface area contributed by atoms with Gasteiger partial charge in [0.05, 0.1) is 33.2 Å². The first-order valence-corrected chi connectivity index (χ1v) is 12.3. The Labute approximate surface area is 223 Å². The minimum atomic E-state index is -0.581. The van der Waals surface area contributed by atoms with Gasteiger partial charge in [-0.25, -0.2) is 4.98 Å². The Bertz CT molecular complexity index is 1780. The first kappa shape index (κ1) is 24.7. The zero-order chi connectivity index (χ0) is 26.3. The minimum absolute atomic E-state index is 0.0301. The summed E-state index contributed by atoms with van der Waals surface area (Å²) >= 11 is 9.75. The molecule has 2 aromatic heterocycles. The number of benzene rings is 3. The molecule has 0 atom stereocenters. The van der Waals surface area contributed by atoms with E-state index in [9.17, 15) is 14.9 Å². The summed E-state index contributed by atoms with van der Waals surface area (Å²) in [5.74, 6) is 0.475. The van der Waals surface area contributed by atoms with E-state index in [2.05, 4.69) is 26.0 Å². The van der Waals surface area contributed by atoms with Crippen LogP contribution in [0.25, 0.3) is 33.5 Å². The molecule has 11 heteroatoms. The van der Waals surface area contributed by atoms with E-state index in [0.29, 0.717) is 27.8 Å². The van der Waals surface area contributed by atoms with Gasteiger partial charge in [0.2, 0.25) is 11.6 Å². The molecule has 0 radical (unpaired) electrons. The summed E-state index contributed by atoms with van der Waals surface area (Å²) in [6, 6.07) is 17.0. The molecular weight excluding hydrogens is 564 g/mol. The monoisotopic (exact) mass is 580 g/mol. The molecule has 186 valence electrons. The molecule has 0 aliphatic rings. The van der Waals surface area contributed by atoms with Gasteiger partial charge in [-0.2, -0.15) is 9.78 Å². The normalized spacial score (nSPS) is 11.7. The van der Waals surface area contributed by atoms with E-state index in [1.165, 1.54) is 18.3 Å². The van der Waals surface area contributed by atoms with Crippen molar-refractivity contribution in [2.24, 2.45) is 5.10 Å². The van der Waals surface area contributed by atoms with Crippen molar-refractivity contribution in [2.75, 3.05) is 0 Å². The second-order valence-electron chi connectivity index (χ2n) is 8.38.